The fourth-order valence-corrected chi connectivity index (χ4v) is 2.37. The van der Waals surface area contributed by atoms with Crippen LogP contribution in [0.1, 0.15) is 16.1 Å². The smallest absolute Gasteiger partial charge is 0.261 e. The number of thiophene rings is 1. The van der Waals surface area contributed by atoms with Crippen LogP contribution in [0.25, 0.3) is 0 Å². The lowest BCUT2D eigenvalue weighted by Crippen LogP contribution is -2.37. The van der Waals surface area contributed by atoms with Crippen molar-refractivity contribution in [2.24, 2.45) is 0 Å². The molecule has 0 saturated heterocycles. The van der Waals surface area contributed by atoms with Crippen LogP contribution >= 0.6 is 27.3 Å². The Morgan fingerprint density at radius 1 is 1.73 bits per heavy atom. The van der Waals surface area contributed by atoms with Gasteiger partial charge in [-0.25, -0.2) is 0 Å². The van der Waals surface area contributed by atoms with E-state index >= 15 is 0 Å². The monoisotopic (exact) mass is 291 g/mol. The molecule has 1 aromatic rings. The summed E-state index contributed by atoms with van der Waals surface area (Å²) >= 11 is 4.80. The van der Waals surface area contributed by atoms with Gasteiger partial charge in [-0.2, -0.15) is 0 Å². The molecule has 1 N–H and O–H groups in total. The average molecular weight is 292 g/mol. The molecule has 1 heterocycles. The second-order valence-corrected chi connectivity index (χ2v) is 4.82. The number of nitrogens with one attached hydrogen (secondary N) is 1. The van der Waals surface area contributed by atoms with Gasteiger partial charge in [0.05, 0.1) is 17.5 Å². The molecular formula is C10H14BrNO2S. The van der Waals surface area contributed by atoms with E-state index < -0.39 is 0 Å². The molecule has 1 atom stereocenters. The lowest BCUT2D eigenvalue weighted by atomic mass is 10.2. The van der Waals surface area contributed by atoms with Gasteiger partial charge in [0.15, 0.2) is 0 Å². The van der Waals surface area contributed by atoms with E-state index in [0.29, 0.717) is 6.61 Å². The van der Waals surface area contributed by atoms with Crippen LogP contribution in [0.3, 0.4) is 0 Å². The van der Waals surface area contributed by atoms with E-state index in [1.165, 1.54) is 11.3 Å². The number of hydrogen-bond acceptors (Lipinski definition) is 3. The Morgan fingerprint density at radius 3 is 3.07 bits per heavy atom. The standard InChI is InChI=1S/C10H14BrNO2S/c1-14-7-8(4-5-11)12-10(13)9-3-2-6-15-9/h2-3,6,8H,4-5,7H2,1H3,(H,12,13). The number of methoxy groups -OCH3 is 1. The number of rotatable bonds is 6. The van der Waals surface area contributed by atoms with Crippen LogP contribution in [-0.2, 0) is 4.74 Å². The molecule has 0 radical (unpaired) electrons. The van der Waals surface area contributed by atoms with Crippen molar-refractivity contribution < 1.29 is 9.53 Å². The van der Waals surface area contributed by atoms with Crippen LogP contribution in [0.2, 0.25) is 0 Å². The topological polar surface area (TPSA) is 38.3 Å². The first kappa shape index (κ1) is 12.7. The van der Waals surface area contributed by atoms with Crippen LogP contribution in [0.4, 0.5) is 0 Å². The largest absolute Gasteiger partial charge is 0.383 e. The van der Waals surface area contributed by atoms with E-state index in [9.17, 15) is 4.79 Å². The third-order valence-corrected chi connectivity index (χ3v) is 3.23. The minimum Gasteiger partial charge on any atom is -0.383 e. The lowest BCUT2D eigenvalue weighted by molar-refractivity contribution is 0.0899. The van der Waals surface area contributed by atoms with Gasteiger partial charge in [-0.15, -0.1) is 11.3 Å². The fraction of sp³-hybridized carbons (Fsp3) is 0.500. The van der Waals surface area contributed by atoms with Crippen LogP contribution in [-0.4, -0.2) is 31.0 Å². The van der Waals surface area contributed by atoms with Gasteiger partial charge in [0.25, 0.3) is 5.91 Å². The minimum absolute atomic E-state index is 0.0204. The van der Waals surface area contributed by atoms with Gasteiger partial charge < -0.3 is 10.1 Å². The molecule has 1 rings (SSSR count). The molecule has 0 bridgehead atoms. The Balaban J connectivity index is 2.47. The van der Waals surface area contributed by atoms with E-state index in [1.807, 2.05) is 17.5 Å². The van der Waals surface area contributed by atoms with Crippen LogP contribution < -0.4 is 5.32 Å². The van der Waals surface area contributed by atoms with Crippen molar-refractivity contribution in [1.82, 2.24) is 5.32 Å². The molecule has 5 heteroatoms. The maximum absolute atomic E-state index is 11.7. The first-order valence-corrected chi connectivity index (χ1v) is 6.67. The summed E-state index contributed by atoms with van der Waals surface area (Å²) in [6, 6.07) is 3.76. The highest BCUT2D eigenvalue weighted by atomic mass is 79.9. The van der Waals surface area contributed by atoms with Gasteiger partial charge in [0.2, 0.25) is 0 Å². The number of ether oxygens (including phenoxy) is 1. The maximum Gasteiger partial charge on any atom is 0.261 e. The van der Waals surface area contributed by atoms with Crippen molar-refractivity contribution in [3.05, 3.63) is 22.4 Å². The summed E-state index contributed by atoms with van der Waals surface area (Å²) in [5.41, 5.74) is 0. The average Bonchev–Trinajstić information content (AvgIpc) is 2.71. The van der Waals surface area contributed by atoms with E-state index in [1.54, 1.807) is 7.11 Å². The highest BCUT2D eigenvalue weighted by Gasteiger charge is 2.13. The predicted octanol–water partition coefficient (Wildman–Crippen LogP) is 2.28. The molecular weight excluding hydrogens is 278 g/mol. The molecule has 0 fully saturated rings. The Labute approximate surface area is 102 Å². The van der Waals surface area contributed by atoms with Crippen molar-refractivity contribution in [3.8, 4) is 0 Å². The second-order valence-electron chi connectivity index (χ2n) is 3.08. The normalized spacial score (nSPS) is 12.4. The van der Waals surface area contributed by atoms with E-state index in [0.717, 1.165) is 16.6 Å². The zero-order valence-corrected chi connectivity index (χ0v) is 10.9. The van der Waals surface area contributed by atoms with Gasteiger partial charge >= 0.3 is 0 Å². The van der Waals surface area contributed by atoms with Crippen LogP contribution in [0, 0.1) is 0 Å². The summed E-state index contributed by atoms with van der Waals surface area (Å²) in [5.74, 6) is -0.0204. The zero-order valence-electron chi connectivity index (χ0n) is 8.53. The highest BCUT2D eigenvalue weighted by Crippen LogP contribution is 2.09. The molecule has 0 aliphatic carbocycles. The molecule has 84 valence electrons. The number of carbonyl (C=O) groups excluding carboxylic acids is 1. The van der Waals surface area contributed by atoms with E-state index in [2.05, 4.69) is 21.2 Å². The predicted molar refractivity (Wildman–Crippen MR) is 65.9 cm³/mol. The van der Waals surface area contributed by atoms with Crippen molar-refractivity contribution in [1.29, 1.82) is 0 Å². The first-order chi connectivity index (χ1) is 7.27. The summed E-state index contributed by atoms with van der Waals surface area (Å²) < 4.78 is 5.04. The number of halogens is 1. The molecule has 0 spiro atoms. The lowest BCUT2D eigenvalue weighted by Gasteiger charge is -2.15. The number of amides is 1. The van der Waals surface area contributed by atoms with Gasteiger partial charge in [-0.1, -0.05) is 22.0 Å². The van der Waals surface area contributed by atoms with Gasteiger partial charge in [-0.05, 0) is 17.9 Å². The van der Waals surface area contributed by atoms with Crippen molar-refractivity contribution in [2.45, 2.75) is 12.5 Å². The molecule has 0 saturated carbocycles. The Kier molecular flexibility index (Phi) is 5.90. The highest BCUT2D eigenvalue weighted by molar-refractivity contribution is 9.09. The summed E-state index contributed by atoms with van der Waals surface area (Å²) in [5, 5.41) is 5.68. The van der Waals surface area contributed by atoms with Gasteiger partial charge in [0.1, 0.15) is 0 Å². The quantitative estimate of drug-likeness (QED) is 0.817. The molecule has 0 aromatic carbocycles. The molecule has 1 unspecified atom stereocenters. The van der Waals surface area contributed by atoms with Crippen LogP contribution in [0.15, 0.2) is 17.5 Å². The Hall–Kier alpha value is -0.390. The summed E-state index contributed by atoms with van der Waals surface area (Å²) in [7, 11) is 1.64. The third-order valence-electron chi connectivity index (χ3n) is 1.91. The second kappa shape index (κ2) is 6.98. The van der Waals surface area contributed by atoms with Gasteiger partial charge in [0, 0.05) is 12.4 Å². The van der Waals surface area contributed by atoms with Crippen molar-refractivity contribution in [2.75, 3.05) is 19.0 Å². The van der Waals surface area contributed by atoms with Crippen molar-refractivity contribution >= 4 is 33.2 Å². The van der Waals surface area contributed by atoms with Gasteiger partial charge in [-0.3, -0.25) is 4.79 Å². The fourth-order valence-electron chi connectivity index (χ4n) is 1.19. The summed E-state index contributed by atoms with van der Waals surface area (Å²) in [4.78, 5) is 12.4. The van der Waals surface area contributed by atoms with E-state index in [-0.39, 0.29) is 11.9 Å². The molecule has 1 aromatic heterocycles. The SMILES string of the molecule is COCC(CCBr)NC(=O)c1cccs1. The first-order valence-electron chi connectivity index (χ1n) is 4.67. The maximum atomic E-state index is 11.7. The summed E-state index contributed by atoms with van der Waals surface area (Å²) in [6.45, 7) is 0.544. The number of hydrogen-bond donors (Lipinski definition) is 1. The minimum atomic E-state index is -0.0204. The number of carbonyl (C=O) groups is 1. The van der Waals surface area contributed by atoms with Crippen LogP contribution in [0.5, 0.6) is 0 Å². The Bertz CT molecular complexity index is 284. The molecule has 0 aliphatic heterocycles. The molecule has 15 heavy (non-hydrogen) atoms. The van der Waals surface area contributed by atoms with Crippen molar-refractivity contribution in [3.63, 3.8) is 0 Å². The Morgan fingerprint density at radius 2 is 2.53 bits per heavy atom. The summed E-state index contributed by atoms with van der Waals surface area (Å²) in [6.07, 6.45) is 0.866. The molecule has 3 nitrogen and oxygen atoms in total. The third kappa shape index (κ3) is 4.32. The van der Waals surface area contributed by atoms with E-state index in [4.69, 9.17) is 4.74 Å². The molecule has 1 amide bonds. The molecule has 0 aliphatic rings. The zero-order chi connectivity index (χ0) is 11.1. The number of alkyl halides is 1.